The molecule has 0 aromatic carbocycles. The van der Waals surface area contributed by atoms with Gasteiger partial charge in [0, 0.05) is 40.6 Å². The summed E-state index contributed by atoms with van der Waals surface area (Å²) in [6, 6.07) is 0. The Balaban J connectivity index is 0.000000279. The molecule has 4 heterocycles. The molecule has 4 saturated heterocycles. The first-order chi connectivity index (χ1) is 38.6. The third-order valence-electron chi connectivity index (χ3n) is 17.0. The monoisotopic (exact) mass is 1350 g/mol. The predicted molar refractivity (Wildman–Crippen MR) is 288 cm³/mol. The van der Waals surface area contributed by atoms with E-state index in [1.165, 1.54) is 0 Å². The zero-order valence-corrected chi connectivity index (χ0v) is 53.9. The summed E-state index contributed by atoms with van der Waals surface area (Å²) in [5, 5.41) is 48.8. The lowest BCUT2D eigenvalue weighted by Gasteiger charge is -2.46. The number of esters is 3. The summed E-state index contributed by atoms with van der Waals surface area (Å²) in [5.41, 5.74) is -6.65. The summed E-state index contributed by atoms with van der Waals surface area (Å²) >= 11 is 1.54. The molecule has 0 amide bonds. The largest absolute Gasteiger partial charge is 0.743 e. The third kappa shape index (κ3) is 17.7. The molecule has 2 aliphatic carbocycles. The van der Waals surface area contributed by atoms with Gasteiger partial charge < -0.3 is 77.5 Å². The van der Waals surface area contributed by atoms with Gasteiger partial charge in [-0.25, -0.2) is 39.6 Å². The van der Waals surface area contributed by atoms with Gasteiger partial charge in [-0.3, -0.25) is 0 Å². The molecule has 0 radical (unpaired) electrons. The first-order valence-electron chi connectivity index (χ1n) is 27.7. The molecule has 87 heavy (non-hydrogen) atoms. The minimum atomic E-state index is -6.00. The smallest absolute Gasteiger partial charge is 0.370 e. The van der Waals surface area contributed by atoms with E-state index in [4.69, 9.17) is 18.9 Å². The van der Waals surface area contributed by atoms with Gasteiger partial charge in [-0.2, -0.15) is 38.1 Å². The van der Waals surface area contributed by atoms with Crippen LogP contribution in [0.3, 0.4) is 0 Å². The van der Waals surface area contributed by atoms with Crippen LogP contribution in [0.25, 0.3) is 0 Å². The van der Waals surface area contributed by atoms with Gasteiger partial charge in [0.25, 0.3) is 0 Å². The minimum absolute atomic E-state index is 0.0219. The van der Waals surface area contributed by atoms with Crippen molar-refractivity contribution in [2.45, 2.75) is 238 Å². The maximum atomic E-state index is 13.4. The van der Waals surface area contributed by atoms with Crippen molar-refractivity contribution in [3.63, 3.8) is 0 Å². The molecule has 0 spiro atoms. The summed E-state index contributed by atoms with van der Waals surface area (Å²) in [7, 11) is -18.0. The topological polar surface area (TPSA) is 409 Å². The number of rotatable bonds is 24. The highest BCUT2D eigenvalue weighted by molar-refractivity contribution is 8.01. The molecule has 6 rings (SSSR count). The van der Waals surface area contributed by atoms with Crippen molar-refractivity contribution in [1.82, 2.24) is 0 Å². The average molecular weight is 1350 g/mol. The van der Waals surface area contributed by atoms with Crippen molar-refractivity contribution in [3.05, 3.63) is 0 Å². The Bertz CT molecular complexity index is 2480. The number of hydrogen-bond donors (Lipinski definition) is 6. The Morgan fingerprint density at radius 1 is 0.471 bits per heavy atom. The number of fused-ring (bicyclic) bond motifs is 6. The van der Waals surface area contributed by atoms with E-state index >= 15 is 0 Å². The van der Waals surface area contributed by atoms with Crippen LogP contribution in [0.5, 0.6) is 0 Å². The lowest BCUT2D eigenvalue weighted by molar-refractivity contribution is -0.172. The number of thioether (sulfide) groups is 1. The van der Waals surface area contributed by atoms with Crippen LogP contribution in [-0.2, 0) is 77.9 Å². The first kappa shape index (κ1) is 77.1. The molecule has 6 bridgehead atoms. The van der Waals surface area contributed by atoms with Crippen LogP contribution in [0, 0.1) is 47.3 Å². The summed E-state index contributed by atoms with van der Waals surface area (Å²) in [4.78, 5) is 35.4. The van der Waals surface area contributed by atoms with Gasteiger partial charge in [-0.15, -0.1) is 0 Å². The highest BCUT2D eigenvalue weighted by atomic mass is 32.2. The zero-order chi connectivity index (χ0) is 67.7. The van der Waals surface area contributed by atoms with E-state index in [1.54, 1.807) is 94.8 Å². The quantitative estimate of drug-likeness (QED) is 0.0350. The van der Waals surface area contributed by atoms with Crippen LogP contribution in [0.2, 0.25) is 0 Å². The maximum Gasteiger partial charge on any atom is 0.370 e. The number of aliphatic hydroxyl groups is 6. The summed E-state index contributed by atoms with van der Waals surface area (Å²) in [5.74, 6) is -5.71. The second-order valence-electron chi connectivity index (χ2n) is 26.7. The van der Waals surface area contributed by atoms with Gasteiger partial charge in [0.1, 0.15) is 19.8 Å². The number of carbonyl (C=O) groups excluding carboxylic acids is 3. The molecule has 4 aliphatic heterocycles. The van der Waals surface area contributed by atoms with E-state index in [2.05, 4.69) is 14.2 Å². The van der Waals surface area contributed by atoms with E-state index in [9.17, 15) is 110 Å². The van der Waals surface area contributed by atoms with E-state index in [0.717, 1.165) is 0 Å². The van der Waals surface area contributed by atoms with Crippen molar-refractivity contribution >= 4 is 60.0 Å². The Morgan fingerprint density at radius 2 is 0.805 bits per heavy atom. The molecule has 6 aliphatic rings. The van der Waals surface area contributed by atoms with Crippen molar-refractivity contribution in [2.75, 3.05) is 19.8 Å². The number of ether oxygens (including phenoxy) is 7. The van der Waals surface area contributed by atoms with Crippen molar-refractivity contribution in [2.24, 2.45) is 47.3 Å². The van der Waals surface area contributed by atoms with Gasteiger partial charge in [0.05, 0.1) is 64.1 Å². The lowest BCUT2D eigenvalue weighted by Crippen LogP contribution is -2.54. The molecule has 6 N–H and O–H groups in total. The van der Waals surface area contributed by atoms with Crippen LogP contribution in [0.4, 0.5) is 26.3 Å². The highest BCUT2D eigenvalue weighted by Crippen LogP contribution is 2.61. The van der Waals surface area contributed by atoms with E-state index in [-0.39, 0.29) is 51.9 Å². The van der Waals surface area contributed by atoms with Crippen LogP contribution < -0.4 is 0 Å². The normalized spacial score (nSPS) is 31.7. The molecule has 510 valence electrons. The van der Waals surface area contributed by atoms with E-state index in [1.807, 2.05) is 0 Å². The van der Waals surface area contributed by atoms with Crippen LogP contribution >= 0.6 is 11.8 Å². The van der Waals surface area contributed by atoms with Crippen LogP contribution in [0.15, 0.2) is 0 Å². The Morgan fingerprint density at radius 3 is 1.14 bits per heavy atom. The zero-order valence-electron chi connectivity index (χ0n) is 50.7. The molecule has 25 nitrogen and oxygen atoms in total. The summed E-state index contributed by atoms with van der Waals surface area (Å²) in [6.45, 7) is 19.3. The molecular formula is C52H83F6O25S4-3. The van der Waals surface area contributed by atoms with Gasteiger partial charge in [-0.1, -0.05) is 0 Å². The second-order valence-corrected chi connectivity index (χ2v) is 32.5. The fourth-order valence-corrected chi connectivity index (χ4v) is 17.5. The van der Waals surface area contributed by atoms with Crippen molar-refractivity contribution in [3.8, 4) is 0 Å². The summed E-state index contributed by atoms with van der Waals surface area (Å²) in [6.07, 6.45) is -8.06. The molecule has 18 atom stereocenters. The van der Waals surface area contributed by atoms with Crippen molar-refractivity contribution < 1.29 is 143 Å². The molecule has 2 saturated carbocycles. The van der Waals surface area contributed by atoms with Crippen molar-refractivity contribution in [1.29, 1.82) is 0 Å². The van der Waals surface area contributed by atoms with Gasteiger partial charge in [0.15, 0.2) is 48.7 Å². The Hall–Kier alpha value is -2.33. The van der Waals surface area contributed by atoms with Gasteiger partial charge in [-0.05, 0) is 147 Å². The molecule has 0 aromatic heterocycles. The summed E-state index contributed by atoms with van der Waals surface area (Å²) < 4.78 is 211. The minimum Gasteiger partial charge on any atom is -0.743 e. The number of halogens is 6. The fraction of sp³-hybridized carbons (Fsp3) is 0.942. The highest BCUT2D eigenvalue weighted by Gasteiger charge is 2.65. The van der Waals surface area contributed by atoms with Crippen LogP contribution in [0.1, 0.15) is 130 Å². The maximum absolute atomic E-state index is 13.4. The molecule has 0 aromatic rings. The Labute approximate surface area is 506 Å². The number of carbonyl (C=O) groups is 3. The molecular weight excluding hydrogens is 1270 g/mol. The molecule has 18 unspecified atom stereocenters. The fourth-order valence-electron chi connectivity index (χ4n) is 13.7. The third-order valence-corrected chi connectivity index (χ3v) is 21.8. The number of hydrogen-bond acceptors (Lipinski definition) is 26. The predicted octanol–water partition coefficient (Wildman–Crippen LogP) is 2.75. The average Bonchev–Trinajstić information content (AvgIpc) is 1.63. The standard InChI is InChI=1S/C18H30F2O8S.C17H28F2O9S.C17H28F2O8S2/c1-9(18(19,20)29(24,25)26)28-13(21)8-27-12-7-10-6-11(12)15(17(4,5)23)14(10)16(2,3)22;1-8(17(18,19)29(23,24)25)27-11(20)7-26-10-6-9-12(15(2,3)21)13(14(10)28-9)16(4,5)22;1-8(17(18,19)29(23,24)25)27-11(20)7-26-9-6-10-12(15(2,3)21)13(14(9)28-10)16(4,5)22/h9-12,14-15,22-23H,6-8H2,1-5H3,(H,24,25,26);2*8-10,12-14,21-22H,6-7H2,1-5H3,(H,23,24,25)/p-3. The lowest BCUT2D eigenvalue weighted by atomic mass is 9.65. The molecule has 6 fully saturated rings. The Kier molecular flexibility index (Phi) is 23.2. The van der Waals surface area contributed by atoms with Gasteiger partial charge in [0.2, 0.25) is 0 Å². The van der Waals surface area contributed by atoms with Gasteiger partial charge >= 0.3 is 33.7 Å². The first-order valence-corrected chi connectivity index (χ1v) is 32.9. The number of alkyl halides is 6. The van der Waals surface area contributed by atoms with E-state index in [0.29, 0.717) is 46.5 Å². The SMILES string of the molecule is CC(OC(=O)COC1CC2CC1C(C(C)(C)O)C2C(C)(C)O)C(F)(F)S(=O)(=O)[O-].CC(OC(=O)COC1CC2OC1C(C(C)(C)O)C2C(C)(C)O)C(F)(F)S(=O)(=O)[O-].CC(OC(=O)COC1CC2SC1C(C(C)(C)O)C2C(C)(C)O)C(F)(F)S(=O)(=O)[O-]. The van der Waals surface area contributed by atoms with E-state index < -0.39 is 172 Å². The second kappa shape index (κ2) is 26.2. The molecule has 35 heteroatoms. The van der Waals surface area contributed by atoms with Crippen LogP contribution in [-0.4, -0.2) is 216 Å².